The van der Waals surface area contributed by atoms with Crippen molar-refractivity contribution in [2.24, 2.45) is 0 Å². The number of amides is 1. The lowest BCUT2D eigenvalue weighted by molar-refractivity contribution is -0.144. The summed E-state index contributed by atoms with van der Waals surface area (Å²) in [4.78, 5) is 16.0. The van der Waals surface area contributed by atoms with Crippen molar-refractivity contribution in [3.8, 4) is 0 Å². The van der Waals surface area contributed by atoms with Gasteiger partial charge in [-0.2, -0.15) is 0 Å². The Balaban J connectivity index is 1.88. The van der Waals surface area contributed by atoms with Gasteiger partial charge in [-0.25, -0.2) is 8.42 Å². The molecule has 0 aromatic rings. The van der Waals surface area contributed by atoms with Gasteiger partial charge in [-0.15, -0.1) is 0 Å². The first-order chi connectivity index (χ1) is 9.27. The first-order valence-electron chi connectivity index (χ1n) is 7.11. The molecule has 2 fully saturated rings. The smallest absolute Gasteiger partial charge is 0.236 e. The molecule has 116 valence electrons. The monoisotopic (exact) mass is 304 g/mol. The lowest BCUT2D eigenvalue weighted by Crippen LogP contribution is -2.51. The Labute approximate surface area is 121 Å². The van der Waals surface area contributed by atoms with E-state index in [0.717, 1.165) is 0 Å². The van der Waals surface area contributed by atoms with Crippen molar-refractivity contribution in [1.29, 1.82) is 0 Å². The van der Waals surface area contributed by atoms with Gasteiger partial charge in [-0.05, 0) is 27.3 Å². The Morgan fingerprint density at radius 1 is 1.30 bits per heavy atom. The molecule has 3 unspecified atom stereocenters. The Hall–Kier alpha value is -0.660. The minimum atomic E-state index is -2.91. The van der Waals surface area contributed by atoms with Crippen LogP contribution in [0.4, 0.5) is 0 Å². The van der Waals surface area contributed by atoms with Gasteiger partial charge in [0.2, 0.25) is 5.91 Å². The summed E-state index contributed by atoms with van der Waals surface area (Å²) in [6, 6.07) is -0.0279. The van der Waals surface area contributed by atoms with Gasteiger partial charge in [-0.1, -0.05) is 0 Å². The topological polar surface area (TPSA) is 66.9 Å². The summed E-state index contributed by atoms with van der Waals surface area (Å²) in [5.41, 5.74) is 0. The second-order valence-electron chi connectivity index (χ2n) is 6.03. The summed E-state index contributed by atoms with van der Waals surface area (Å²) in [5.74, 6) is 0.466. The molecule has 0 spiro atoms. The molecule has 2 saturated heterocycles. The van der Waals surface area contributed by atoms with Crippen LogP contribution in [-0.2, 0) is 19.4 Å². The molecule has 0 N–H and O–H groups in total. The average Bonchev–Trinajstić information content (AvgIpc) is 2.68. The fourth-order valence-electron chi connectivity index (χ4n) is 2.95. The summed E-state index contributed by atoms with van der Waals surface area (Å²) in [6.45, 7) is 5.42. The van der Waals surface area contributed by atoms with E-state index < -0.39 is 9.84 Å². The van der Waals surface area contributed by atoms with Crippen LogP contribution in [-0.4, -0.2) is 80.6 Å². The van der Waals surface area contributed by atoms with Gasteiger partial charge in [-0.3, -0.25) is 9.69 Å². The van der Waals surface area contributed by atoms with Crippen molar-refractivity contribution in [2.45, 2.75) is 38.5 Å². The molecule has 0 aliphatic carbocycles. The van der Waals surface area contributed by atoms with Crippen LogP contribution in [0.1, 0.15) is 20.3 Å². The molecule has 1 amide bonds. The standard InChI is InChI=1S/C13H24N2O4S/c1-10-6-15(7-11(2)19-10)13(16)8-14(3)12-4-5-20(17,18)9-12/h10-12H,4-9H2,1-3H3. The van der Waals surface area contributed by atoms with Crippen molar-refractivity contribution >= 4 is 15.7 Å². The number of morpholine rings is 1. The highest BCUT2D eigenvalue weighted by atomic mass is 32.2. The van der Waals surface area contributed by atoms with Crippen LogP contribution in [0.25, 0.3) is 0 Å². The van der Waals surface area contributed by atoms with Crippen LogP contribution in [0.3, 0.4) is 0 Å². The van der Waals surface area contributed by atoms with E-state index in [9.17, 15) is 13.2 Å². The minimum Gasteiger partial charge on any atom is -0.372 e. The molecule has 2 heterocycles. The number of sulfone groups is 1. The fourth-order valence-corrected chi connectivity index (χ4v) is 4.75. The van der Waals surface area contributed by atoms with Crippen molar-refractivity contribution in [2.75, 3.05) is 38.2 Å². The highest BCUT2D eigenvalue weighted by molar-refractivity contribution is 7.91. The number of hydrogen-bond donors (Lipinski definition) is 0. The van der Waals surface area contributed by atoms with Crippen LogP contribution in [0.2, 0.25) is 0 Å². The lowest BCUT2D eigenvalue weighted by Gasteiger charge is -2.36. The molecular weight excluding hydrogens is 280 g/mol. The van der Waals surface area contributed by atoms with Gasteiger partial charge in [0.05, 0.1) is 30.3 Å². The van der Waals surface area contributed by atoms with Gasteiger partial charge in [0, 0.05) is 19.1 Å². The van der Waals surface area contributed by atoms with E-state index in [2.05, 4.69) is 0 Å². The van der Waals surface area contributed by atoms with Gasteiger partial charge in [0.1, 0.15) is 0 Å². The Morgan fingerprint density at radius 2 is 1.90 bits per heavy atom. The van der Waals surface area contributed by atoms with E-state index in [1.54, 1.807) is 0 Å². The minimum absolute atomic E-state index is 0.0279. The summed E-state index contributed by atoms with van der Waals surface area (Å²) < 4.78 is 28.6. The molecule has 3 atom stereocenters. The van der Waals surface area contributed by atoms with E-state index >= 15 is 0 Å². The van der Waals surface area contributed by atoms with Gasteiger partial charge in [0.25, 0.3) is 0 Å². The SMILES string of the molecule is CC1CN(C(=O)CN(C)C2CCS(=O)(=O)C2)CC(C)O1. The quantitative estimate of drug-likeness (QED) is 0.719. The third kappa shape index (κ3) is 3.93. The second-order valence-corrected chi connectivity index (χ2v) is 8.26. The molecule has 6 nitrogen and oxygen atoms in total. The second kappa shape index (κ2) is 5.99. The Kier molecular flexibility index (Phi) is 4.71. The van der Waals surface area contributed by atoms with Gasteiger partial charge < -0.3 is 9.64 Å². The van der Waals surface area contributed by atoms with E-state index in [0.29, 0.717) is 19.5 Å². The molecular formula is C13H24N2O4S. The number of ether oxygens (including phenoxy) is 1. The number of rotatable bonds is 3. The molecule has 2 aliphatic heterocycles. The summed E-state index contributed by atoms with van der Waals surface area (Å²) in [5, 5.41) is 0. The average molecular weight is 304 g/mol. The third-order valence-corrected chi connectivity index (χ3v) is 5.74. The van der Waals surface area contributed by atoms with E-state index in [4.69, 9.17) is 4.74 Å². The zero-order valence-electron chi connectivity index (χ0n) is 12.4. The highest BCUT2D eigenvalue weighted by Crippen LogP contribution is 2.17. The summed E-state index contributed by atoms with van der Waals surface area (Å²) >= 11 is 0. The third-order valence-electron chi connectivity index (χ3n) is 3.99. The maximum absolute atomic E-state index is 12.3. The maximum atomic E-state index is 12.3. The predicted octanol–water partition coefficient (Wildman–Crippen LogP) is -0.259. The molecule has 0 bridgehead atoms. The van der Waals surface area contributed by atoms with Crippen molar-refractivity contribution in [3.05, 3.63) is 0 Å². The number of hydrogen-bond acceptors (Lipinski definition) is 5. The first kappa shape index (κ1) is 15.7. The van der Waals surface area contributed by atoms with Crippen molar-refractivity contribution in [3.63, 3.8) is 0 Å². The summed E-state index contributed by atoms with van der Waals surface area (Å²) in [6.07, 6.45) is 0.738. The molecule has 2 aliphatic rings. The van der Waals surface area contributed by atoms with Gasteiger partial charge in [0.15, 0.2) is 9.84 Å². The zero-order valence-corrected chi connectivity index (χ0v) is 13.2. The molecule has 0 radical (unpaired) electrons. The largest absolute Gasteiger partial charge is 0.372 e. The predicted molar refractivity (Wildman–Crippen MR) is 76.3 cm³/mol. The van der Waals surface area contributed by atoms with E-state index in [1.807, 2.05) is 30.7 Å². The van der Waals surface area contributed by atoms with Crippen LogP contribution in [0, 0.1) is 0 Å². The first-order valence-corrected chi connectivity index (χ1v) is 8.93. The van der Waals surface area contributed by atoms with Crippen LogP contribution in [0.5, 0.6) is 0 Å². The van der Waals surface area contributed by atoms with Gasteiger partial charge >= 0.3 is 0 Å². The van der Waals surface area contributed by atoms with Crippen LogP contribution >= 0.6 is 0 Å². The molecule has 7 heteroatoms. The highest BCUT2D eigenvalue weighted by Gasteiger charge is 2.33. The Morgan fingerprint density at radius 3 is 2.40 bits per heavy atom. The summed E-state index contributed by atoms with van der Waals surface area (Å²) in [7, 11) is -1.08. The lowest BCUT2D eigenvalue weighted by atomic mass is 10.2. The molecule has 0 aromatic carbocycles. The van der Waals surface area contributed by atoms with E-state index in [1.165, 1.54) is 0 Å². The normalized spacial score (nSPS) is 33.6. The number of carbonyl (C=O) groups is 1. The van der Waals surface area contributed by atoms with E-state index in [-0.39, 0.29) is 42.2 Å². The zero-order chi connectivity index (χ0) is 14.9. The van der Waals surface area contributed by atoms with Crippen LogP contribution < -0.4 is 0 Å². The van der Waals surface area contributed by atoms with Crippen molar-refractivity contribution < 1.29 is 17.9 Å². The molecule has 20 heavy (non-hydrogen) atoms. The van der Waals surface area contributed by atoms with Crippen molar-refractivity contribution in [1.82, 2.24) is 9.80 Å². The number of nitrogens with zero attached hydrogens (tertiary/aromatic N) is 2. The molecule has 2 rings (SSSR count). The molecule has 0 aromatic heterocycles. The maximum Gasteiger partial charge on any atom is 0.236 e. The molecule has 0 saturated carbocycles. The number of likely N-dealkylation sites (N-methyl/N-ethyl adjacent to an activating group) is 1. The number of carbonyl (C=O) groups excluding carboxylic acids is 1. The van der Waals surface area contributed by atoms with Crippen LogP contribution in [0.15, 0.2) is 0 Å². The fraction of sp³-hybridized carbons (Fsp3) is 0.923. The Bertz CT molecular complexity index is 455.